The van der Waals surface area contributed by atoms with Gasteiger partial charge in [0.05, 0.1) is 55.2 Å². The van der Waals surface area contributed by atoms with E-state index in [0.29, 0.717) is 37.9 Å². The summed E-state index contributed by atoms with van der Waals surface area (Å²) in [6.45, 7) is 9.18. The molecule has 0 radical (unpaired) electrons. The molecule has 3 aliphatic rings. The third-order valence-electron chi connectivity index (χ3n) is 12.0. The summed E-state index contributed by atoms with van der Waals surface area (Å²) in [6, 6.07) is 12.8. The molecule has 8 rings (SSSR count). The van der Waals surface area contributed by atoms with Crippen molar-refractivity contribution in [3.8, 4) is 39.5 Å². The van der Waals surface area contributed by atoms with Crippen LogP contribution in [-0.2, 0) is 25.7 Å². The van der Waals surface area contributed by atoms with Crippen molar-refractivity contribution in [3.05, 3.63) is 66.5 Å². The lowest BCUT2D eigenvalue weighted by molar-refractivity contribution is -0.139. The van der Waals surface area contributed by atoms with Crippen molar-refractivity contribution in [3.63, 3.8) is 0 Å². The highest BCUT2D eigenvalue weighted by Crippen LogP contribution is 2.41. The van der Waals surface area contributed by atoms with Crippen LogP contribution in [0, 0.1) is 11.8 Å². The van der Waals surface area contributed by atoms with Gasteiger partial charge in [-0.25, -0.2) is 14.8 Å². The standard InChI is InChI=1S/C44H53N9O7/c1-24(2)38(49-37(55)23-54)42(56)52-14-6-8-33(52)40-45-21-30(47-40)26-11-13-32-28(18-26)19-35-29-12-10-27(20-36(29)60-17-16-51(32)35)31-22-46-41(48-31)34-9-7-15-53(34)43(57)39(25(3)4)50-44(58)59-5/h10-13,18-22,24-25,33-34,38-39,54H,6-9,14-17,23H2,1-5H3,(H,45,47)(H,46,48)(H,49,55)(H,50,58)/t33-,34?,38?,39-/m0/s1. The first-order valence-corrected chi connectivity index (χ1v) is 20.8. The lowest BCUT2D eigenvalue weighted by Crippen LogP contribution is -2.51. The van der Waals surface area contributed by atoms with Crippen LogP contribution in [0.15, 0.2) is 54.9 Å². The first kappa shape index (κ1) is 40.6. The Morgan fingerprint density at radius 3 is 1.98 bits per heavy atom. The first-order valence-electron chi connectivity index (χ1n) is 20.8. The molecule has 16 heteroatoms. The Kier molecular flexibility index (Phi) is 11.4. The predicted octanol–water partition coefficient (Wildman–Crippen LogP) is 5.32. The number of carbonyl (C=O) groups excluding carboxylic acids is 4. The van der Waals surface area contributed by atoms with Crippen molar-refractivity contribution in [2.45, 2.75) is 84.1 Å². The maximum Gasteiger partial charge on any atom is 0.407 e. The number of alkyl carbamates (subject to hydrolysis) is 1. The van der Waals surface area contributed by atoms with E-state index >= 15 is 0 Å². The van der Waals surface area contributed by atoms with Gasteiger partial charge in [0.25, 0.3) is 0 Å². The molecular weight excluding hydrogens is 767 g/mol. The molecule has 0 spiro atoms. The van der Waals surface area contributed by atoms with Gasteiger partial charge in [0.2, 0.25) is 17.7 Å². The fourth-order valence-corrected chi connectivity index (χ4v) is 8.89. The summed E-state index contributed by atoms with van der Waals surface area (Å²) >= 11 is 0. The van der Waals surface area contributed by atoms with E-state index in [4.69, 9.17) is 19.4 Å². The number of fused-ring (bicyclic) bond motifs is 5. The quantitative estimate of drug-likeness (QED) is 0.117. The van der Waals surface area contributed by atoms with Gasteiger partial charge in [-0.05, 0) is 67.9 Å². The number of H-pyrrole nitrogens is 2. The third kappa shape index (κ3) is 7.71. The zero-order valence-corrected chi connectivity index (χ0v) is 34.7. The Bertz CT molecular complexity index is 2410. The number of aliphatic hydroxyl groups excluding tert-OH is 1. The molecule has 2 aromatic carbocycles. The fraction of sp³-hybridized carbons (Fsp3) is 0.455. The lowest BCUT2D eigenvalue weighted by atomic mass is 10.0. The Labute approximate surface area is 348 Å². The van der Waals surface area contributed by atoms with Crippen molar-refractivity contribution in [2.75, 3.05) is 33.4 Å². The number of rotatable bonds is 11. The van der Waals surface area contributed by atoms with Gasteiger partial charge < -0.3 is 49.5 Å². The summed E-state index contributed by atoms with van der Waals surface area (Å²) in [5.41, 5.74) is 6.65. The minimum absolute atomic E-state index is 0.121. The van der Waals surface area contributed by atoms with Gasteiger partial charge in [0.15, 0.2) is 0 Å². The van der Waals surface area contributed by atoms with Crippen LogP contribution < -0.4 is 15.4 Å². The smallest absolute Gasteiger partial charge is 0.407 e. The van der Waals surface area contributed by atoms with Crippen LogP contribution in [0.25, 0.3) is 44.7 Å². The van der Waals surface area contributed by atoms with Crippen LogP contribution in [0.5, 0.6) is 5.75 Å². The molecule has 6 heterocycles. The molecule has 4 atom stereocenters. The SMILES string of the molecule is COC(=O)N[C@H](C(=O)N1CCCC1c1ncc(-c2ccc3c(c2)OCCn2c-3cc3cc(-c4cnc([C@@H]5CCCN5C(=O)C(NC(=O)CO)C(C)C)[nH]4)ccc32)[nH]1)C(C)C. The highest BCUT2D eigenvalue weighted by Gasteiger charge is 2.39. The minimum atomic E-state index is -0.734. The summed E-state index contributed by atoms with van der Waals surface area (Å²) in [6.07, 6.45) is 6.14. The van der Waals surface area contributed by atoms with E-state index in [2.05, 4.69) is 61.6 Å². The number of aliphatic hydroxyl groups is 1. The number of nitrogens with zero attached hydrogens (tertiary/aromatic N) is 5. The molecule has 5 aromatic rings. The summed E-state index contributed by atoms with van der Waals surface area (Å²) in [7, 11) is 1.29. The number of methoxy groups -OCH3 is 1. The monoisotopic (exact) mass is 819 g/mol. The molecule has 0 saturated carbocycles. The maximum absolute atomic E-state index is 13.7. The fourth-order valence-electron chi connectivity index (χ4n) is 8.89. The van der Waals surface area contributed by atoms with Gasteiger partial charge in [-0.1, -0.05) is 39.8 Å². The highest BCUT2D eigenvalue weighted by atomic mass is 16.5. The van der Waals surface area contributed by atoms with E-state index in [1.807, 2.05) is 40.0 Å². The van der Waals surface area contributed by atoms with Crippen LogP contribution in [0.4, 0.5) is 4.79 Å². The Balaban J connectivity index is 1.01. The maximum atomic E-state index is 13.7. The second kappa shape index (κ2) is 16.8. The number of aromatic nitrogens is 5. The molecule has 0 aliphatic carbocycles. The van der Waals surface area contributed by atoms with Crippen LogP contribution >= 0.6 is 0 Å². The molecule has 3 aromatic heterocycles. The van der Waals surface area contributed by atoms with E-state index in [1.165, 1.54) is 7.11 Å². The average Bonchev–Trinajstić information content (AvgIpc) is 4.10. The zero-order chi connectivity index (χ0) is 42.2. The molecule has 2 fully saturated rings. The molecule has 0 bridgehead atoms. The van der Waals surface area contributed by atoms with E-state index < -0.39 is 30.7 Å². The van der Waals surface area contributed by atoms with Gasteiger partial charge in [0.1, 0.15) is 42.7 Å². The number of amides is 4. The van der Waals surface area contributed by atoms with Gasteiger partial charge >= 0.3 is 6.09 Å². The van der Waals surface area contributed by atoms with Crippen molar-refractivity contribution in [1.82, 2.24) is 44.9 Å². The molecule has 2 saturated heterocycles. The Hall–Kier alpha value is -6.16. The molecule has 5 N–H and O–H groups in total. The predicted molar refractivity (Wildman–Crippen MR) is 223 cm³/mol. The molecule has 3 aliphatic heterocycles. The number of likely N-dealkylation sites (tertiary alicyclic amines) is 2. The van der Waals surface area contributed by atoms with Gasteiger partial charge in [-0.2, -0.15) is 0 Å². The average molecular weight is 820 g/mol. The molecule has 2 unspecified atom stereocenters. The summed E-state index contributed by atoms with van der Waals surface area (Å²) in [5, 5.41) is 15.7. The van der Waals surface area contributed by atoms with Crippen molar-refractivity contribution in [1.29, 1.82) is 0 Å². The number of imidazole rings is 2. The van der Waals surface area contributed by atoms with Crippen molar-refractivity contribution in [2.24, 2.45) is 11.8 Å². The summed E-state index contributed by atoms with van der Waals surface area (Å²) < 4.78 is 13.4. The summed E-state index contributed by atoms with van der Waals surface area (Å²) in [4.78, 5) is 71.3. The van der Waals surface area contributed by atoms with Crippen molar-refractivity contribution < 1.29 is 33.8 Å². The second-order valence-electron chi connectivity index (χ2n) is 16.6. The van der Waals surface area contributed by atoms with E-state index in [-0.39, 0.29) is 35.7 Å². The molecule has 16 nitrogen and oxygen atoms in total. The van der Waals surface area contributed by atoms with Crippen LogP contribution in [-0.4, -0.2) is 109 Å². The summed E-state index contributed by atoms with van der Waals surface area (Å²) in [5.74, 6) is 0.999. The van der Waals surface area contributed by atoms with Gasteiger partial charge in [0, 0.05) is 40.7 Å². The van der Waals surface area contributed by atoms with Crippen molar-refractivity contribution >= 4 is 34.7 Å². The lowest BCUT2D eigenvalue weighted by Gasteiger charge is -2.30. The number of benzene rings is 2. The molecule has 4 amide bonds. The Morgan fingerprint density at radius 2 is 1.40 bits per heavy atom. The van der Waals surface area contributed by atoms with Crippen LogP contribution in [0.1, 0.15) is 77.1 Å². The number of ether oxygens (including phenoxy) is 2. The molecule has 60 heavy (non-hydrogen) atoms. The Morgan fingerprint density at radius 1 is 0.817 bits per heavy atom. The van der Waals surface area contributed by atoms with E-state index in [0.717, 1.165) is 76.1 Å². The second-order valence-corrected chi connectivity index (χ2v) is 16.6. The zero-order valence-electron chi connectivity index (χ0n) is 34.7. The third-order valence-corrected chi connectivity index (χ3v) is 12.0. The van der Waals surface area contributed by atoms with Crippen LogP contribution in [0.2, 0.25) is 0 Å². The van der Waals surface area contributed by atoms with E-state index in [1.54, 1.807) is 16.0 Å². The van der Waals surface area contributed by atoms with Gasteiger partial charge in [-0.15, -0.1) is 0 Å². The van der Waals surface area contributed by atoms with Crippen LogP contribution in [0.3, 0.4) is 0 Å². The topological polar surface area (TPSA) is 200 Å². The van der Waals surface area contributed by atoms with E-state index in [9.17, 15) is 24.3 Å². The normalized spacial score (nSPS) is 18.5. The minimum Gasteiger partial charge on any atom is -0.491 e. The largest absolute Gasteiger partial charge is 0.491 e. The number of carbonyl (C=O) groups is 4. The highest BCUT2D eigenvalue weighted by molar-refractivity contribution is 5.92. The first-order chi connectivity index (χ1) is 28.9. The van der Waals surface area contributed by atoms with Gasteiger partial charge in [-0.3, -0.25) is 14.4 Å². The number of hydrogen-bond donors (Lipinski definition) is 5. The number of hydrogen-bond acceptors (Lipinski definition) is 9. The number of aromatic amines is 2. The molecular formula is C44H53N9O7. The number of nitrogens with one attached hydrogen (secondary N) is 4. The molecule has 316 valence electrons.